The van der Waals surface area contributed by atoms with Gasteiger partial charge in [-0.25, -0.2) is 4.39 Å². The van der Waals surface area contributed by atoms with Crippen molar-refractivity contribution in [1.82, 2.24) is 5.43 Å². The predicted molar refractivity (Wildman–Crippen MR) is 80.4 cm³/mol. The first-order chi connectivity index (χ1) is 10.2. The summed E-state index contributed by atoms with van der Waals surface area (Å²) >= 11 is 0. The van der Waals surface area contributed by atoms with Crippen LogP contribution in [0.5, 0.6) is 5.75 Å². The molecule has 0 saturated heterocycles. The van der Waals surface area contributed by atoms with Crippen LogP contribution in [0.4, 0.5) is 4.39 Å². The Balaban J connectivity index is 1.85. The third kappa shape index (κ3) is 2.64. The van der Waals surface area contributed by atoms with Crippen molar-refractivity contribution in [2.75, 3.05) is 7.11 Å². The normalized spacial score (nSPS) is 15.8. The second kappa shape index (κ2) is 5.84. The monoisotopic (exact) mass is 286 g/mol. The summed E-state index contributed by atoms with van der Waals surface area (Å²) in [4.78, 5) is 0. The van der Waals surface area contributed by atoms with Crippen LogP contribution in [-0.2, 0) is 12.8 Å². The highest BCUT2D eigenvalue weighted by Crippen LogP contribution is 2.35. The van der Waals surface area contributed by atoms with Crippen LogP contribution in [-0.4, -0.2) is 7.11 Å². The fourth-order valence-corrected chi connectivity index (χ4v) is 3.21. The van der Waals surface area contributed by atoms with E-state index in [-0.39, 0.29) is 17.6 Å². The molecule has 0 bridgehead atoms. The highest BCUT2D eigenvalue weighted by atomic mass is 19.1. The fraction of sp³-hybridized carbons (Fsp3) is 0.294. The van der Waals surface area contributed by atoms with Gasteiger partial charge >= 0.3 is 0 Å². The van der Waals surface area contributed by atoms with Crippen LogP contribution in [0.25, 0.3) is 0 Å². The molecular weight excluding hydrogens is 267 g/mol. The van der Waals surface area contributed by atoms with Gasteiger partial charge in [-0.2, -0.15) is 0 Å². The van der Waals surface area contributed by atoms with Crippen LogP contribution in [0.3, 0.4) is 0 Å². The summed E-state index contributed by atoms with van der Waals surface area (Å²) in [6.45, 7) is 0. The van der Waals surface area contributed by atoms with Gasteiger partial charge in [0.1, 0.15) is 0 Å². The van der Waals surface area contributed by atoms with Crippen LogP contribution in [0.15, 0.2) is 42.5 Å². The van der Waals surface area contributed by atoms with Crippen molar-refractivity contribution in [3.8, 4) is 5.75 Å². The Labute approximate surface area is 123 Å². The smallest absolute Gasteiger partial charge is 0.165 e. The molecule has 1 atom stereocenters. The molecule has 3 rings (SSSR count). The molecule has 0 radical (unpaired) electrons. The molecule has 110 valence electrons. The first kappa shape index (κ1) is 14.0. The van der Waals surface area contributed by atoms with Gasteiger partial charge in [0, 0.05) is 6.04 Å². The minimum Gasteiger partial charge on any atom is -0.494 e. The van der Waals surface area contributed by atoms with E-state index in [4.69, 9.17) is 10.6 Å². The number of fused-ring (bicyclic) bond motifs is 1. The van der Waals surface area contributed by atoms with E-state index in [1.54, 1.807) is 6.07 Å². The molecule has 0 fully saturated rings. The van der Waals surface area contributed by atoms with Crippen molar-refractivity contribution in [3.63, 3.8) is 0 Å². The number of methoxy groups -OCH3 is 1. The van der Waals surface area contributed by atoms with Crippen molar-refractivity contribution in [2.24, 2.45) is 11.8 Å². The lowest BCUT2D eigenvalue weighted by molar-refractivity contribution is 0.370. The second-order valence-electron chi connectivity index (χ2n) is 5.48. The maximum absolute atomic E-state index is 13.9. The van der Waals surface area contributed by atoms with Crippen molar-refractivity contribution < 1.29 is 9.13 Å². The zero-order valence-corrected chi connectivity index (χ0v) is 12.0. The Morgan fingerprint density at radius 1 is 1.19 bits per heavy atom. The third-order valence-corrected chi connectivity index (χ3v) is 4.27. The predicted octanol–water partition coefficient (Wildman–Crippen LogP) is 2.75. The molecule has 0 heterocycles. The van der Waals surface area contributed by atoms with Crippen molar-refractivity contribution >= 4 is 0 Å². The molecule has 0 saturated carbocycles. The summed E-state index contributed by atoms with van der Waals surface area (Å²) in [5.74, 6) is 5.97. The number of rotatable bonds is 4. The topological polar surface area (TPSA) is 47.3 Å². The Kier molecular flexibility index (Phi) is 3.90. The average Bonchev–Trinajstić information content (AvgIpc) is 2.91. The average molecular weight is 286 g/mol. The second-order valence-corrected chi connectivity index (χ2v) is 5.48. The minimum absolute atomic E-state index is 0.0715. The molecule has 0 spiro atoms. The van der Waals surface area contributed by atoms with Crippen molar-refractivity contribution in [3.05, 3.63) is 65.0 Å². The van der Waals surface area contributed by atoms with Crippen LogP contribution < -0.4 is 16.0 Å². The van der Waals surface area contributed by atoms with Crippen LogP contribution in [0.1, 0.15) is 22.7 Å². The number of nitrogens with one attached hydrogen (secondary N) is 1. The van der Waals surface area contributed by atoms with E-state index in [0.717, 1.165) is 18.4 Å². The Hall–Kier alpha value is -1.91. The summed E-state index contributed by atoms with van der Waals surface area (Å²) in [6.07, 6.45) is 1.91. The lowest BCUT2D eigenvalue weighted by Crippen LogP contribution is -2.34. The van der Waals surface area contributed by atoms with Crippen LogP contribution >= 0.6 is 0 Å². The van der Waals surface area contributed by atoms with Crippen molar-refractivity contribution in [2.45, 2.75) is 18.9 Å². The molecule has 3 nitrogen and oxygen atoms in total. The Morgan fingerprint density at radius 3 is 2.38 bits per heavy atom. The van der Waals surface area contributed by atoms with Crippen LogP contribution in [0, 0.1) is 11.7 Å². The molecule has 0 aliphatic heterocycles. The standard InChI is InChI=1S/C17H19FN2O/c1-21-16-7-6-13(10-15(16)18)17(20-19)14-8-11-4-2-3-5-12(11)9-14/h2-7,10,14,17,20H,8-9,19H2,1H3. The number of hydrogen-bond acceptors (Lipinski definition) is 3. The van der Waals surface area contributed by atoms with Gasteiger partial charge in [-0.3, -0.25) is 11.3 Å². The Bertz CT molecular complexity index is 619. The number of nitrogens with two attached hydrogens (primary N) is 1. The largest absolute Gasteiger partial charge is 0.494 e. The lowest BCUT2D eigenvalue weighted by atomic mass is 9.91. The van der Waals surface area contributed by atoms with Crippen LogP contribution in [0.2, 0.25) is 0 Å². The molecule has 3 N–H and O–H groups in total. The molecule has 1 unspecified atom stereocenters. The van der Waals surface area contributed by atoms with Crippen molar-refractivity contribution in [1.29, 1.82) is 0 Å². The van der Waals surface area contributed by atoms with Gasteiger partial charge in [-0.1, -0.05) is 30.3 Å². The van der Waals surface area contributed by atoms with Gasteiger partial charge in [0.05, 0.1) is 7.11 Å². The van der Waals surface area contributed by atoms with E-state index in [2.05, 4.69) is 29.7 Å². The summed E-state index contributed by atoms with van der Waals surface area (Å²) in [5.41, 5.74) is 6.42. The van der Waals surface area contributed by atoms with E-state index < -0.39 is 0 Å². The molecule has 0 amide bonds. The van der Waals surface area contributed by atoms with Gasteiger partial charge in [0.25, 0.3) is 0 Å². The summed E-state index contributed by atoms with van der Waals surface area (Å²) in [7, 11) is 1.46. The molecule has 2 aromatic carbocycles. The number of hydrazine groups is 1. The van der Waals surface area contributed by atoms with Gasteiger partial charge in [0.2, 0.25) is 0 Å². The first-order valence-electron chi connectivity index (χ1n) is 7.09. The van der Waals surface area contributed by atoms with Gasteiger partial charge in [-0.05, 0) is 47.6 Å². The minimum atomic E-state index is -0.356. The molecule has 0 aromatic heterocycles. The van der Waals surface area contributed by atoms with E-state index >= 15 is 0 Å². The van der Waals surface area contributed by atoms with E-state index in [1.165, 1.54) is 24.3 Å². The number of halogens is 1. The molecule has 21 heavy (non-hydrogen) atoms. The highest BCUT2D eigenvalue weighted by Gasteiger charge is 2.29. The Morgan fingerprint density at radius 2 is 1.86 bits per heavy atom. The van der Waals surface area contributed by atoms with Gasteiger partial charge < -0.3 is 4.74 Å². The molecule has 4 heteroatoms. The maximum Gasteiger partial charge on any atom is 0.165 e. The van der Waals surface area contributed by atoms with E-state index in [9.17, 15) is 4.39 Å². The molecule has 2 aromatic rings. The SMILES string of the molecule is COc1ccc(C(NN)C2Cc3ccccc3C2)cc1F. The first-order valence-corrected chi connectivity index (χ1v) is 7.09. The van der Waals surface area contributed by atoms with Gasteiger partial charge in [0.15, 0.2) is 11.6 Å². The highest BCUT2D eigenvalue weighted by molar-refractivity contribution is 5.36. The molecule has 1 aliphatic carbocycles. The summed E-state index contributed by atoms with van der Waals surface area (Å²) < 4.78 is 18.9. The third-order valence-electron chi connectivity index (χ3n) is 4.27. The molecular formula is C17H19FN2O. The zero-order valence-electron chi connectivity index (χ0n) is 12.0. The summed E-state index contributed by atoms with van der Waals surface area (Å²) in [6, 6.07) is 13.4. The zero-order chi connectivity index (χ0) is 14.8. The number of benzene rings is 2. The lowest BCUT2D eigenvalue weighted by Gasteiger charge is -2.23. The van der Waals surface area contributed by atoms with E-state index in [1.807, 2.05) is 6.07 Å². The maximum atomic E-state index is 13.9. The fourth-order valence-electron chi connectivity index (χ4n) is 3.21. The van der Waals surface area contributed by atoms with E-state index in [0.29, 0.717) is 5.92 Å². The quantitative estimate of drug-likeness (QED) is 0.671. The number of ether oxygens (including phenoxy) is 1. The molecule has 1 aliphatic rings. The summed E-state index contributed by atoms with van der Waals surface area (Å²) in [5, 5.41) is 0. The number of hydrogen-bond donors (Lipinski definition) is 2. The van der Waals surface area contributed by atoms with Gasteiger partial charge in [-0.15, -0.1) is 0 Å².